The van der Waals surface area contributed by atoms with Crippen LogP contribution in [0.5, 0.6) is 11.5 Å². The molecule has 228 valence electrons. The molecule has 0 aliphatic carbocycles. The number of hydrogen-bond donors (Lipinski definition) is 2. The van der Waals surface area contributed by atoms with Gasteiger partial charge in [-0.2, -0.15) is 0 Å². The van der Waals surface area contributed by atoms with E-state index < -0.39 is 11.9 Å². The third-order valence-electron chi connectivity index (χ3n) is 7.01. The molecule has 0 radical (unpaired) electrons. The molecule has 10 nitrogen and oxygen atoms in total. The van der Waals surface area contributed by atoms with Crippen molar-refractivity contribution in [2.24, 2.45) is 0 Å². The molecule has 42 heavy (non-hydrogen) atoms. The lowest BCUT2D eigenvalue weighted by atomic mass is 10.2. The van der Waals surface area contributed by atoms with Crippen LogP contribution in [-0.4, -0.2) is 95.6 Å². The summed E-state index contributed by atoms with van der Waals surface area (Å²) in [5, 5.41) is 18.1. The number of fused-ring (bicyclic) bond motifs is 2. The first kappa shape index (κ1) is 33.9. The molecule has 0 aliphatic heterocycles. The molecule has 10 heteroatoms. The summed E-state index contributed by atoms with van der Waals surface area (Å²) in [5.41, 5.74) is 2.53. The normalized spacial score (nSPS) is 12.5. The van der Waals surface area contributed by atoms with Crippen molar-refractivity contribution in [3.8, 4) is 11.5 Å². The van der Waals surface area contributed by atoms with Crippen LogP contribution in [0.3, 0.4) is 0 Å². The number of carbonyl (C=O) groups is 2. The predicted molar refractivity (Wildman–Crippen MR) is 168 cm³/mol. The Morgan fingerprint density at radius 1 is 0.714 bits per heavy atom. The summed E-state index contributed by atoms with van der Waals surface area (Å²) < 4.78 is 15.0. The second-order valence-corrected chi connectivity index (χ2v) is 10.4. The van der Waals surface area contributed by atoms with Crippen molar-refractivity contribution in [3.63, 3.8) is 0 Å². The SMILES string of the molecule is COc1ccc2c(ccn2C[C@@H](C)N(C)C)c1.COc1ccc2c(ccn2C[C@@H](C)N(C)C)c1.O=C(O)/C=C/C(=O)O. The van der Waals surface area contributed by atoms with E-state index in [1.807, 2.05) is 12.1 Å². The van der Waals surface area contributed by atoms with Crippen molar-refractivity contribution in [1.82, 2.24) is 18.9 Å². The minimum absolute atomic E-state index is 0.521. The van der Waals surface area contributed by atoms with Crippen molar-refractivity contribution >= 4 is 33.7 Å². The van der Waals surface area contributed by atoms with Crippen molar-refractivity contribution in [3.05, 3.63) is 73.1 Å². The van der Waals surface area contributed by atoms with Gasteiger partial charge < -0.3 is 38.6 Å². The van der Waals surface area contributed by atoms with Crippen LogP contribution in [0.25, 0.3) is 21.8 Å². The zero-order valence-corrected chi connectivity index (χ0v) is 25.8. The summed E-state index contributed by atoms with van der Waals surface area (Å²) in [7, 11) is 11.8. The van der Waals surface area contributed by atoms with Crippen LogP contribution in [-0.2, 0) is 22.7 Å². The Bertz CT molecular complexity index is 1360. The topological polar surface area (TPSA) is 109 Å². The van der Waals surface area contributed by atoms with Crippen LogP contribution in [0, 0.1) is 0 Å². The minimum Gasteiger partial charge on any atom is -0.497 e. The first-order chi connectivity index (χ1) is 19.9. The number of nitrogens with zero attached hydrogens (tertiary/aromatic N) is 4. The van der Waals surface area contributed by atoms with E-state index in [1.165, 1.54) is 21.8 Å². The maximum Gasteiger partial charge on any atom is 0.328 e. The third-order valence-corrected chi connectivity index (χ3v) is 7.01. The van der Waals surface area contributed by atoms with E-state index in [4.69, 9.17) is 19.7 Å². The molecule has 0 spiro atoms. The summed E-state index contributed by atoms with van der Waals surface area (Å²) in [4.78, 5) is 23.6. The molecule has 2 heterocycles. The molecule has 0 saturated heterocycles. The molecule has 4 aromatic rings. The van der Waals surface area contributed by atoms with Crippen LogP contribution >= 0.6 is 0 Å². The fourth-order valence-corrected chi connectivity index (χ4v) is 3.97. The maximum atomic E-state index is 9.55. The van der Waals surface area contributed by atoms with Gasteiger partial charge in [0.05, 0.1) is 14.2 Å². The second-order valence-electron chi connectivity index (χ2n) is 10.4. The Labute approximate surface area is 248 Å². The van der Waals surface area contributed by atoms with Crippen LogP contribution in [0.15, 0.2) is 73.1 Å². The first-order valence-corrected chi connectivity index (χ1v) is 13.6. The molecule has 0 unspecified atom stereocenters. The lowest BCUT2D eigenvalue weighted by Gasteiger charge is -2.20. The Morgan fingerprint density at radius 3 is 1.36 bits per heavy atom. The molecular formula is C32H44N4O6. The zero-order chi connectivity index (χ0) is 31.4. The number of benzene rings is 2. The summed E-state index contributed by atoms with van der Waals surface area (Å²) in [6.45, 7) is 6.47. The standard InChI is InChI=1S/2C14H20N2O.C4H4O4/c2*1-11(15(2)3)10-16-8-7-12-9-13(17-4)5-6-14(12)16;5-3(6)1-2-4(7)8/h2*5-9,11H,10H2,1-4H3;1-2H,(H,5,6)(H,7,8)/b;;2-1+/t2*11-;/m11./s1. The van der Waals surface area contributed by atoms with Crippen LogP contribution in [0.2, 0.25) is 0 Å². The molecule has 0 aliphatic rings. The minimum atomic E-state index is -1.26. The van der Waals surface area contributed by atoms with Gasteiger partial charge in [-0.15, -0.1) is 0 Å². The van der Waals surface area contributed by atoms with E-state index in [-0.39, 0.29) is 0 Å². The van der Waals surface area contributed by atoms with Gasteiger partial charge in [-0.1, -0.05) is 0 Å². The van der Waals surface area contributed by atoms with Gasteiger partial charge in [0.2, 0.25) is 0 Å². The highest BCUT2D eigenvalue weighted by atomic mass is 16.5. The Hall–Kier alpha value is -4.28. The van der Waals surface area contributed by atoms with Gasteiger partial charge in [0, 0.05) is 71.5 Å². The highest BCUT2D eigenvalue weighted by Crippen LogP contribution is 2.23. The quantitative estimate of drug-likeness (QED) is 0.255. The van der Waals surface area contributed by atoms with E-state index in [1.54, 1.807) is 14.2 Å². The van der Waals surface area contributed by atoms with Gasteiger partial charge in [-0.3, -0.25) is 0 Å². The molecular weight excluding hydrogens is 536 g/mol. The van der Waals surface area contributed by atoms with E-state index in [0.29, 0.717) is 24.2 Å². The van der Waals surface area contributed by atoms with Gasteiger partial charge in [0.15, 0.2) is 0 Å². The summed E-state index contributed by atoms with van der Waals surface area (Å²) in [6.07, 6.45) is 5.40. The van der Waals surface area contributed by atoms with E-state index in [0.717, 1.165) is 24.6 Å². The van der Waals surface area contributed by atoms with Crippen molar-refractivity contribution < 1.29 is 29.3 Å². The number of likely N-dealkylation sites (N-methyl/N-ethyl adjacent to an activating group) is 2. The average molecular weight is 581 g/mol. The van der Waals surface area contributed by atoms with Crippen LogP contribution in [0.1, 0.15) is 13.8 Å². The Balaban J connectivity index is 0.000000236. The van der Waals surface area contributed by atoms with Gasteiger partial charge in [0.1, 0.15) is 11.5 Å². The van der Waals surface area contributed by atoms with E-state index in [9.17, 15) is 9.59 Å². The smallest absolute Gasteiger partial charge is 0.328 e. The van der Waals surface area contributed by atoms with Gasteiger partial charge in [-0.25, -0.2) is 9.59 Å². The van der Waals surface area contributed by atoms with Crippen molar-refractivity contribution in [2.45, 2.75) is 39.0 Å². The number of ether oxygens (including phenoxy) is 2. The number of aromatic nitrogens is 2. The summed E-state index contributed by atoms with van der Waals surface area (Å²) >= 11 is 0. The monoisotopic (exact) mass is 580 g/mol. The number of hydrogen-bond acceptors (Lipinski definition) is 6. The highest BCUT2D eigenvalue weighted by Gasteiger charge is 2.09. The zero-order valence-electron chi connectivity index (χ0n) is 25.8. The molecule has 0 amide bonds. The lowest BCUT2D eigenvalue weighted by molar-refractivity contribution is -0.134. The van der Waals surface area contributed by atoms with E-state index >= 15 is 0 Å². The first-order valence-electron chi connectivity index (χ1n) is 13.6. The fraction of sp³-hybridized carbons (Fsp3) is 0.375. The molecule has 0 fully saturated rings. The van der Waals surface area contributed by atoms with Crippen molar-refractivity contribution in [2.75, 3.05) is 42.4 Å². The number of aliphatic carboxylic acids is 2. The number of rotatable bonds is 10. The molecule has 2 aromatic carbocycles. The van der Waals surface area contributed by atoms with E-state index in [2.05, 4.69) is 110 Å². The molecule has 0 saturated carbocycles. The number of methoxy groups -OCH3 is 2. The molecule has 0 bridgehead atoms. The Morgan fingerprint density at radius 2 is 1.07 bits per heavy atom. The molecule has 2 atom stereocenters. The lowest BCUT2D eigenvalue weighted by Crippen LogP contribution is -2.28. The largest absolute Gasteiger partial charge is 0.497 e. The molecule has 2 N–H and O–H groups in total. The maximum absolute atomic E-state index is 9.55. The number of carboxylic acid groups (broad SMARTS) is 2. The molecule has 4 rings (SSSR count). The van der Waals surface area contributed by atoms with Crippen LogP contribution < -0.4 is 9.47 Å². The summed E-state index contributed by atoms with van der Waals surface area (Å²) in [6, 6.07) is 17.7. The summed E-state index contributed by atoms with van der Waals surface area (Å²) in [5.74, 6) is -0.688. The third kappa shape index (κ3) is 10.3. The van der Waals surface area contributed by atoms with Gasteiger partial charge in [-0.05, 0) is 90.6 Å². The van der Waals surface area contributed by atoms with Gasteiger partial charge in [0.25, 0.3) is 0 Å². The fourth-order valence-electron chi connectivity index (χ4n) is 3.97. The van der Waals surface area contributed by atoms with Crippen molar-refractivity contribution in [1.29, 1.82) is 0 Å². The van der Waals surface area contributed by atoms with Crippen LogP contribution in [0.4, 0.5) is 0 Å². The van der Waals surface area contributed by atoms with Gasteiger partial charge >= 0.3 is 11.9 Å². The predicted octanol–water partition coefficient (Wildman–Crippen LogP) is 4.91. The second kappa shape index (κ2) is 16.2. The molecule has 2 aromatic heterocycles. The number of carboxylic acids is 2. The Kier molecular flexibility index (Phi) is 13.1. The average Bonchev–Trinajstić information content (AvgIpc) is 3.55. The highest BCUT2D eigenvalue weighted by molar-refractivity contribution is 5.89.